The predicted octanol–water partition coefficient (Wildman–Crippen LogP) is 0.768. The summed E-state index contributed by atoms with van der Waals surface area (Å²) in [5.74, 6) is -0.522. The maximum atomic E-state index is 11.6. The number of nitrogen functional groups attached to an aromatic ring is 1. The molecule has 1 amide bonds. The quantitative estimate of drug-likeness (QED) is 0.706. The molecule has 0 aliphatic heterocycles. The Morgan fingerprint density at radius 1 is 1.05 bits per heavy atom. The molecule has 2 aromatic heterocycles. The Hall–Kier alpha value is -3.09. The lowest BCUT2D eigenvalue weighted by atomic mass is 10.1. The molecule has 0 fully saturated rings. The Morgan fingerprint density at radius 2 is 1.80 bits per heavy atom. The molecule has 98 valence electrons. The number of primary amides is 1. The number of fused-ring (bicyclic) bond motifs is 1. The predicted molar refractivity (Wildman–Crippen MR) is 73.5 cm³/mol. The normalized spacial score (nSPS) is 10.6. The van der Waals surface area contributed by atoms with E-state index < -0.39 is 5.91 Å². The number of aromatic nitrogens is 4. The molecule has 0 aliphatic rings. The van der Waals surface area contributed by atoms with Gasteiger partial charge in [-0.15, -0.1) is 0 Å². The van der Waals surface area contributed by atoms with Crippen molar-refractivity contribution < 1.29 is 4.79 Å². The molecule has 20 heavy (non-hydrogen) atoms. The molecule has 0 saturated heterocycles. The van der Waals surface area contributed by atoms with E-state index in [1.165, 1.54) is 6.33 Å². The maximum Gasteiger partial charge on any atom is 0.269 e. The first-order valence-electron chi connectivity index (χ1n) is 5.80. The topological polar surface area (TPSA) is 121 Å². The summed E-state index contributed by atoms with van der Waals surface area (Å²) in [6, 6.07) is 9.16. The van der Waals surface area contributed by atoms with Crippen molar-refractivity contribution in [2.45, 2.75) is 0 Å². The van der Waals surface area contributed by atoms with Crippen LogP contribution in [0.1, 0.15) is 10.5 Å². The number of amides is 1. The molecule has 7 nitrogen and oxygen atoms in total. The third-order valence-corrected chi connectivity index (χ3v) is 2.78. The van der Waals surface area contributed by atoms with E-state index in [-0.39, 0.29) is 17.0 Å². The Balaban J connectivity index is 2.36. The highest BCUT2D eigenvalue weighted by atomic mass is 16.1. The zero-order valence-electron chi connectivity index (χ0n) is 10.3. The highest BCUT2D eigenvalue weighted by Gasteiger charge is 2.17. The maximum absolute atomic E-state index is 11.6. The van der Waals surface area contributed by atoms with Crippen LogP contribution in [0.2, 0.25) is 0 Å². The molecule has 4 N–H and O–H groups in total. The van der Waals surface area contributed by atoms with Crippen molar-refractivity contribution >= 4 is 22.9 Å². The summed E-state index contributed by atoms with van der Waals surface area (Å²) in [6.07, 6.45) is 1.30. The van der Waals surface area contributed by atoms with Crippen LogP contribution in [-0.2, 0) is 0 Å². The monoisotopic (exact) mass is 266 g/mol. The van der Waals surface area contributed by atoms with Gasteiger partial charge in [0, 0.05) is 5.56 Å². The van der Waals surface area contributed by atoms with E-state index in [9.17, 15) is 4.79 Å². The fourth-order valence-corrected chi connectivity index (χ4v) is 1.86. The second-order valence-electron chi connectivity index (χ2n) is 4.08. The van der Waals surface area contributed by atoms with E-state index in [2.05, 4.69) is 19.9 Å². The van der Waals surface area contributed by atoms with Crippen LogP contribution in [0.5, 0.6) is 0 Å². The molecular weight excluding hydrogens is 256 g/mol. The lowest BCUT2D eigenvalue weighted by Crippen LogP contribution is -2.16. The zero-order chi connectivity index (χ0) is 14.1. The van der Waals surface area contributed by atoms with E-state index in [0.29, 0.717) is 11.3 Å². The Kier molecular flexibility index (Phi) is 2.72. The van der Waals surface area contributed by atoms with Crippen LogP contribution in [0.3, 0.4) is 0 Å². The van der Waals surface area contributed by atoms with Gasteiger partial charge in [-0.2, -0.15) is 0 Å². The van der Waals surface area contributed by atoms with Crippen molar-refractivity contribution in [3.05, 3.63) is 42.4 Å². The third-order valence-electron chi connectivity index (χ3n) is 2.78. The van der Waals surface area contributed by atoms with Gasteiger partial charge in [0.2, 0.25) is 0 Å². The average Bonchev–Trinajstić information content (AvgIpc) is 2.47. The molecule has 0 aliphatic carbocycles. The number of anilines is 1. The highest BCUT2D eigenvalue weighted by Crippen LogP contribution is 2.23. The molecule has 3 rings (SSSR count). The van der Waals surface area contributed by atoms with Gasteiger partial charge < -0.3 is 11.5 Å². The SMILES string of the molecule is NC(=O)c1nc2c(N)ncnc2nc1-c1ccccc1. The van der Waals surface area contributed by atoms with Crippen molar-refractivity contribution in [3.63, 3.8) is 0 Å². The van der Waals surface area contributed by atoms with Crippen LogP contribution in [0.4, 0.5) is 5.82 Å². The number of hydrogen-bond acceptors (Lipinski definition) is 6. The van der Waals surface area contributed by atoms with Gasteiger partial charge in [-0.25, -0.2) is 19.9 Å². The van der Waals surface area contributed by atoms with Crippen LogP contribution < -0.4 is 11.5 Å². The van der Waals surface area contributed by atoms with E-state index >= 15 is 0 Å². The van der Waals surface area contributed by atoms with Gasteiger partial charge >= 0.3 is 0 Å². The number of rotatable bonds is 2. The summed E-state index contributed by atoms with van der Waals surface area (Å²) < 4.78 is 0. The largest absolute Gasteiger partial charge is 0.382 e. The van der Waals surface area contributed by atoms with Gasteiger partial charge in [0.05, 0.1) is 0 Å². The summed E-state index contributed by atoms with van der Waals surface area (Å²) in [7, 11) is 0. The zero-order valence-corrected chi connectivity index (χ0v) is 10.3. The third kappa shape index (κ3) is 1.91. The summed E-state index contributed by atoms with van der Waals surface area (Å²) in [4.78, 5) is 27.9. The average molecular weight is 266 g/mol. The fourth-order valence-electron chi connectivity index (χ4n) is 1.86. The Labute approximate surface area is 113 Å². The lowest BCUT2D eigenvalue weighted by molar-refractivity contribution is 0.0996. The molecule has 7 heteroatoms. The summed E-state index contributed by atoms with van der Waals surface area (Å²) in [5.41, 5.74) is 12.8. The van der Waals surface area contributed by atoms with Crippen LogP contribution in [0.15, 0.2) is 36.7 Å². The van der Waals surface area contributed by atoms with Crippen molar-refractivity contribution in [1.82, 2.24) is 19.9 Å². The number of nitrogens with two attached hydrogens (primary N) is 2. The van der Waals surface area contributed by atoms with Gasteiger partial charge in [0.1, 0.15) is 12.0 Å². The van der Waals surface area contributed by atoms with Crippen molar-refractivity contribution in [1.29, 1.82) is 0 Å². The van der Waals surface area contributed by atoms with E-state index in [1.54, 1.807) is 0 Å². The fraction of sp³-hybridized carbons (Fsp3) is 0. The first-order valence-corrected chi connectivity index (χ1v) is 5.80. The van der Waals surface area contributed by atoms with E-state index in [1.807, 2.05) is 30.3 Å². The summed E-state index contributed by atoms with van der Waals surface area (Å²) >= 11 is 0. The molecule has 3 aromatic rings. The molecular formula is C13H10N6O. The van der Waals surface area contributed by atoms with Gasteiger partial charge in [-0.3, -0.25) is 4.79 Å². The Morgan fingerprint density at radius 3 is 2.50 bits per heavy atom. The number of carbonyl (C=O) groups is 1. The van der Waals surface area contributed by atoms with Crippen molar-refractivity contribution in [3.8, 4) is 11.3 Å². The molecule has 0 atom stereocenters. The first-order chi connectivity index (χ1) is 9.66. The first kappa shape index (κ1) is 12.0. The number of carbonyl (C=O) groups excluding carboxylic acids is 1. The van der Waals surface area contributed by atoms with E-state index in [0.717, 1.165) is 5.56 Å². The van der Waals surface area contributed by atoms with Crippen LogP contribution >= 0.6 is 0 Å². The lowest BCUT2D eigenvalue weighted by Gasteiger charge is -2.07. The van der Waals surface area contributed by atoms with Gasteiger partial charge in [0.25, 0.3) is 5.91 Å². The van der Waals surface area contributed by atoms with Crippen LogP contribution in [-0.4, -0.2) is 25.8 Å². The number of hydrogen-bond donors (Lipinski definition) is 2. The minimum absolute atomic E-state index is 0.0465. The highest BCUT2D eigenvalue weighted by molar-refractivity contribution is 5.99. The van der Waals surface area contributed by atoms with E-state index in [4.69, 9.17) is 11.5 Å². The van der Waals surface area contributed by atoms with Crippen LogP contribution in [0, 0.1) is 0 Å². The molecule has 2 heterocycles. The standard InChI is InChI=1S/C13H10N6O/c14-11-10-13(17-6-16-11)19-8(9(18-10)12(15)20)7-4-2-1-3-5-7/h1-6H,(H2,15,20)(H2,14,16,17,19). The second kappa shape index (κ2) is 4.54. The molecule has 0 bridgehead atoms. The second-order valence-corrected chi connectivity index (χ2v) is 4.08. The minimum atomic E-state index is -0.679. The molecule has 0 spiro atoms. The van der Waals surface area contributed by atoms with Crippen LogP contribution in [0.25, 0.3) is 22.4 Å². The molecule has 0 radical (unpaired) electrons. The molecule has 0 saturated carbocycles. The summed E-state index contributed by atoms with van der Waals surface area (Å²) in [5, 5.41) is 0. The van der Waals surface area contributed by atoms with Crippen molar-refractivity contribution in [2.75, 3.05) is 5.73 Å². The van der Waals surface area contributed by atoms with Gasteiger partial charge in [0.15, 0.2) is 22.7 Å². The van der Waals surface area contributed by atoms with Crippen molar-refractivity contribution in [2.24, 2.45) is 5.73 Å². The minimum Gasteiger partial charge on any atom is -0.382 e. The number of benzene rings is 1. The Bertz CT molecular complexity index is 803. The number of nitrogens with zero attached hydrogens (tertiary/aromatic N) is 4. The smallest absolute Gasteiger partial charge is 0.269 e. The molecule has 1 aromatic carbocycles. The summed E-state index contributed by atoms with van der Waals surface area (Å²) in [6.45, 7) is 0. The van der Waals surface area contributed by atoms with Gasteiger partial charge in [-0.1, -0.05) is 30.3 Å². The molecule has 0 unspecified atom stereocenters. The van der Waals surface area contributed by atoms with Gasteiger partial charge in [-0.05, 0) is 0 Å².